The largest absolute Gasteiger partial charge is 0.0911 e. The van der Waals surface area contributed by atoms with Gasteiger partial charge in [-0.15, -0.1) is 0 Å². The first kappa shape index (κ1) is 28.3. The van der Waals surface area contributed by atoms with Gasteiger partial charge in [0.2, 0.25) is 0 Å². The van der Waals surface area contributed by atoms with E-state index in [0.717, 1.165) is 0 Å². The van der Waals surface area contributed by atoms with Gasteiger partial charge in [0, 0.05) is 8.07 Å². The van der Waals surface area contributed by atoms with Gasteiger partial charge in [0.25, 0.3) is 0 Å². The smallest absolute Gasteiger partial charge is 0.0487 e. The molecule has 0 N–H and O–H groups in total. The Hall–Kier alpha value is 0.297. The molecule has 0 aliphatic carbocycles. The van der Waals surface area contributed by atoms with Gasteiger partial charge in [0.05, 0.1) is 0 Å². The molecular formula is C27H52P2Si. The molecule has 1 aromatic rings. The quantitative estimate of drug-likeness (QED) is 0.299. The molecule has 0 unspecified atom stereocenters. The Morgan fingerprint density at radius 3 is 1.37 bits per heavy atom. The maximum absolute atomic E-state index is 2.52. The lowest BCUT2D eigenvalue weighted by Gasteiger charge is -2.46. The summed E-state index contributed by atoms with van der Waals surface area (Å²) in [5.74, 6) is 0. The SMILES string of the molecule is CC(C)(C)P(Cc1cccc(C[Si](C)(C)C)c1P(C(C)(C)C)C(C)(C)C)C(C)(C)C. The highest BCUT2D eigenvalue weighted by molar-refractivity contribution is 7.69. The van der Waals surface area contributed by atoms with Crippen LogP contribution in [0.2, 0.25) is 19.6 Å². The zero-order valence-corrected chi connectivity index (χ0v) is 25.8. The van der Waals surface area contributed by atoms with Crippen molar-refractivity contribution < 1.29 is 0 Å². The predicted octanol–water partition coefficient (Wildman–Crippen LogP) is 9.39. The molecule has 0 fully saturated rings. The molecule has 30 heavy (non-hydrogen) atoms. The van der Waals surface area contributed by atoms with Crippen LogP contribution in [0.4, 0.5) is 0 Å². The molecule has 0 aromatic heterocycles. The first-order valence-electron chi connectivity index (χ1n) is 11.7. The van der Waals surface area contributed by atoms with Gasteiger partial charge in [-0.2, -0.15) is 0 Å². The summed E-state index contributed by atoms with van der Waals surface area (Å²) in [6, 6.07) is 8.62. The fourth-order valence-corrected chi connectivity index (χ4v) is 14.6. The predicted molar refractivity (Wildman–Crippen MR) is 150 cm³/mol. The van der Waals surface area contributed by atoms with E-state index in [2.05, 4.69) is 121 Å². The summed E-state index contributed by atoms with van der Waals surface area (Å²) in [5.41, 5.74) is 3.33. The van der Waals surface area contributed by atoms with E-state index in [0.29, 0.717) is 20.6 Å². The van der Waals surface area contributed by atoms with Crippen molar-refractivity contribution in [2.75, 3.05) is 0 Å². The second kappa shape index (κ2) is 9.27. The van der Waals surface area contributed by atoms with Gasteiger partial charge < -0.3 is 0 Å². The number of benzene rings is 1. The van der Waals surface area contributed by atoms with E-state index < -0.39 is 8.07 Å². The van der Waals surface area contributed by atoms with Crippen LogP contribution in [0.15, 0.2) is 18.2 Å². The van der Waals surface area contributed by atoms with Crippen molar-refractivity contribution >= 4 is 29.2 Å². The molecule has 0 heterocycles. The number of hydrogen-bond acceptors (Lipinski definition) is 0. The van der Waals surface area contributed by atoms with Crippen molar-refractivity contribution in [1.29, 1.82) is 0 Å². The minimum atomic E-state index is -1.21. The second-order valence-corrected chi connectivity index (χ2v) is 27.4. The van der Waals surface area contributed by atoms with E-state index in [4.69, 9.17) is 0 Å². The molecule has 0 spiro atoms. The molecule has 0 nitrogen and oxygen atoms in total. The van der Waals surface area contributed by atoms with E-state index in [9.17, 15) is 0 Å². The lowest BCUT2D eigenvalue weighted by atomic mass is 10.1. The van der Waals surface area contributed by atoms with Crippen LogP contribution in [0.25, 0.3) is 0 Å². The van der Waals surface area contributed by atoms with E-state index in [1.165, 1.54) is 12.2 Å². The van der Waals surface area contributed by atoms with Gasteiger partial charge in [0.1, 0.15) is 0 Å². The second-order valence-electron chi connectivity index (χ2n) is 14.3. The highest BCUT2D eigenvalue weighted by Crippen LogP contribution is 2.63. The molecule has 1 aromatic carbocycles. The van der Waals surface area contributed by atoms with Crippen molar-refractivity contribution in [3.8, 4) is 0 Å². The molecule has 0 saturated heterocycles. The van der Waals surface area contributed by atoms with Gasteiger partial charge in [-0.05, 0) is 49.3 Å². The van der Waals surface area contributed by atoms with Gasteiger partial charge >= 0.3 is 0 Å². The standard InChI is InChI=1S/C27H52P2Si/c1-24(2,3)28(25(4,5)6)19-21-17-16-18-22(20-30(13,14)15)23(21)29(26(7,8)9)27(10,11)12/h16-18H,19-20H2,1-15H3. The summed E-state index contributed by atoms with van der Waals surface area (Å²) in [7, 11) is -1.67. The van der Waals surface area contributed by atoms with Crippen LogP contribution in [0.1, 0.15) is 94.2 Å². The van der Waals surface area contributed by atoms with Crippen molar-refractivity contribution in [1.82, 2.24) is 0 Å². The molecular weight excluding hydrogens is 414 g/mol. The van der Waals surface area contributed by atoms with Crippen molar-refractivity contribution in [2.45, 2.75) is 136 Å². The van der Waals surface area contributed by atoms with Crippen LogP contribution in [-0.4, -0.2) is 28.7 Å². The third-order valence-electron chi connectivity index (χ3n) is 5.44. The average molecular weight is 467 g/mol. The van der Waals surface area contributed by atoms with Gasteiger partial charge in [0.15, 0.2) is 0 Å². The highest BCUT2D eigenvalue weighted by atomic mass is 31.1. The molecule has 0 atom stereocenters. The van der Waals surface area contributed by atoms with E-state index in [-0.39, 0.29) is 15.8 Å². The maximum Gasteiger partial charge on any atom is 0.0487 e. The van der Waals surface area contributed by atoms with Crippen molar-refractivity contribution in [2.24, 2.45) is 0 Å². The summed E-state index contributed by atoms with van der Waals surface area (Å²) in [6.07, 6.45) is 1.25. The molecule has 174 valence electrons. The van der Waals surface area contributed by atoms with E-state index >= 15 is 0 Å². The molecule has 0 aliphatic heterocycles. The monoisotopic (exact) mass is 466 g/mol. The van der Waals surface area contributed by atoms with Crippen molar-refractivity contribution in [3.63, 3.8) is 0 Å². The van der Waals surface area contributed by atoms with Crippen LogP contribution in [0, 0.1) is 0 Å². The van der Waals surface area contributed by atoms with E-state index in [1.807, 2.05) is 0 Å². The van der Waals surface area contributed by atoms with Gasteiger partial charge in [-0.3, -0.25) is 0 Å². The van der Waals surface area contributed by atoms with E-state index in [1.54, 1.807) is 16.4 Å². The minimum Gasteiger partial charge on any atom is -0.0911 e. The highest BCUT2D eigenvalue weighted by Gasteiger charge is 2.40. The van der Waals surface area contributed by atoms with Crippen LogP contribution < -0.4 is 5.30 Å². The number of hydrogen-bond donors (Lipinski definition) is 0. The van der Waals surface area contributed by atoms with Crippen LogP contribution >= 0.6 is 15.8 Å². The normalized spacial score (nSPS) is 14.7. The lowest BCUT2D eigenvalue weighted by Crippen LogP contribution is -2.37. The Bertz CT molecular complexity index is 673. The summed E-state index contributed by atoms with van der Waals surface area (Å²) >= 11 is 0. The Kier molecular flexibility index (Phi) is 8.76. The molecule has 1 rings (SSSR count). The summed E-state index contributed by atoms with van der Waals surface area (Å²) < 4.78 is 0. The average Bonchev–Trinajstić information content (AvgIpc) is 2.40. The third-order valence-corrected chi connectivity index (χ3v) is 14.5. The molecule has 0 radical (unpaired) electrons. The molecule has 3 heteroatoms. The molecule has 0 bridgehead atoms. The van der Waals surface area contributed by atoms with Crippen molar-refractivity contribution in [3.05, 3.63) is 29.3 Å². The fraction of sp³-hybridized carbons (Fsp3) is 0.778. The van der Waals surface area contributed by atoms with Crippen LogP contribution in [0.5, 0.6) is 0 Å². The Balaban J connectivity index is 3.82. The minimum absolute atomic E-state index is 0.156. The Morgan fingerprint density at radius 1 is 0.633 bits per heavy atom. The topological polar surface area (TPSA) is 0 Å². The Labute approximate surface area is 193 Å². The molecule has 0 amide bonds. The lowest BCUT2D eigenvalue weighted by molar-refractivity contribution is 0.702. The van der Waals surface area contributed by atoms with Gasteiger partial charge in [-0.25, -0.2) is 0 Å². The molecule has 0 saturated carbocycles. The molecule has 0 aliphatic rings. The van der Waals surface area contributed by atoms with Crippen LogP contribution in [-0.2, 0) is 12.2 Å². The maximum atomic E-state index is 2.52. The number of rotatable bonds is 5. The Morgan fingerprint density at radius 2 is 1.03 bits per heavy atom. The summed E-state index contributed by atoms with van der Waals surface area (Å²) in [5, 5.41) is 3.06. The third kappa shape index (κ3) is 8.01. The van der Waals surface area contributed by atoms with Gasteiger partial charge in [-0.1, -0.05) is 137 Å². The zero-order chi connectivity index (χ0) is 23.9. The zero-order valence-electron chi connectivity index (χ0n) is 23.0. The summed E-state index contributed by atoms with van der Waals surface area (Å²) in [4.78, 5) is 0. The first-order chi connectivity index (χ1) is 13.0. The summed E-state index contributed by atoms with van der Waals surface area (Å²) in [6.45, 7) is 37.2. The van der Waals surface area contributed by atoms with Crippen LogP contribution in [0.3, 0.4) is 0 Å². The fourth-order valence-electron chi connectivity index (χ4n) is 5.10. The first-order valence-corrected chi connectivity index (χ1v) is 18.3.